The van der Waals surface area contributed by atoms with Gasteiger partial charge in [-0.15, -0.1) is 0 Å². The molecule has 1 aliphatic carbocycles. The molecule has 20 heavy (non-hydrogen) atoms. The summed E-state index contributed by atoms with van der Waals surface area (Å²) < 4.78 is 0. The SMILES string of the molecule is CC(CC(C)(NC1CC1)C(N)=O)N(C)C(C)C(C)(C)C. The minimum absolute atomic E-state index is 0.218. The Morgan fingerprint density at radius 2 is 1.80 bits per heavy atom. The van der Waals surface area contributed by atoms with Crippen molar-refractivity contribution in [3.8, 4) is 0 Å². The molecule has 1 amide bonds. The van der Waals surface area contributed by atoms with Crippen LogP contribution in [0.1, 0.15) is 60.8 Å². The number of nitrogens with zero attached hydrogens (tertiary/aromatic N) is 1. The predicted molar refractivity (Wildman–Crippen MR) is 84.5 cm³/mol. The van der Waals surface area contributed by atoms with E-state index in [1.165, 1.54) is 0 Å². The van der Waals surface area contributed by atoms with E-state index in [-0.39, 0.29) is 11.3 Å². The van der Waals surface area contributed by atoms with Crippen molar-refractivity contribution >= 4 is 5.91 Å². The monoisotopic (exact) mass is 283 g/mol. The maximum atomic E-state index is 11.9. The van der Waals surface area contributed by atoms with E-state index < -0.39 is 5.54 Å². The maximum absolute atomic E-state index is 11.9. The first-order chi connectivity index (χ1) is 8.97. The number of nitrogens with two attached hydrogens (primary N) is 1. The van der Waals surface area contributed by atoms with E-state index in [1.54, 1.807) is 0 Å². The van der Waals surface area contributed by atoms with Gasteiger partial charge < -0.3 is 16.0 Å². The van der Waals surface area contributed by atoms with E-state index in [4.69, 9.17) is 5.73 Å². The number of nitrogens with one attached hydrogen (secondary N) is 1. The van der Waals surface area contributed by atoms with Crippen molar-refractivity contribution < 1.29 is 4.79 Å². The fraction of sp³-hybridized carbons (Fsp3) is 0.938. The number of primary amides is 1. The molecule has 1 fully saturated rings. The van der Waals surface area contributed by atoms with Gasteiger partial charge >= 0.3 is 0 Å². The van der Waals surface area contributed by atoms with E-state index in [0.29, 0.717) is 18.1 Å². The molecule has 0 aromatic rings. The zero-order valence-corrected chi connectivity index (χ0v) is 14.3. The van der Waals surface area contributed by atoms with Crippen LogP contribution in [0.25, 0.3) is 0 Å². The van der Waals surface area contributed by atoms with Gasteiger partial charge in [-0.3, -0.25) is 4.79 Å². The molecule has 118 valence electrons. The third-order valence-corrected chi connectivity index (χ3v) is 4.91. The molecular weight excluding hydrogens is 250 g/mol. The lowest BCUT2D eigenvalue weighted by Gasteiger charge is -2.41. The molecular formula is C16H33N3O. The van der Waals surface area contributed by atoms with E-state index in [2.05, 4.69) is 51.9 Å². The van der Waals surface area contributed by atoms with Crippen LogP contribution in [0.4, 0.5) is 0 Å². The molecule has 0 aromatic heterocycles. The lowest BCUT2D eigenvalue weighted by atomic mass is 9.85. The maximum Gasteiger partial charge on any atom is 0.237 e. The van der Waals surface area contributed by atoms with Crippen molar-refractivity contribution in [3.05, 3.63) is 0 Å². The van der Waals surface area contributed by atoms with Crippen molar-refractivity contribution in [2.75, 3.05) is 7.05 Å². The van der Waals surface area contributed by atoms with Gasteiger partial charge in [0.25, 0.3) is 0 Å². The molecule has 0 bridgehead atoms. The largest absolute Gasteiger partial charge is 0.368 e. The van der Waals surface area contributed by atoms with Gasteiger partial charge in [0.1, 0.15) is 0 Å². The second kappa shape index (κ2) is 6.02. The highest BCUT2D eigenvalue weighted by Crippen LogP contribution is 2.29. The third kappa shape index (κ3) is 4.45. The molecule has 1 rings (SSSR count). The standard InChI is InChI=1S/C16H33N3O/c1-11(19(7)12(2)15(3,4)5)10-16(6,14(17)20)18-13-8-9-13/h11-13,18H,8-10H2,1-7H3,(H2,17,20). The van der Waals surface area contributed by atoms with Gasteiger partial charge in [0.05, 0.1) is 5.54 Å². The van der Waals surface area contributed by atoms with E-state index >= 15 is 0 Å². The summed E-state index contributed by atoms with van der Waals surface area (Å²) in [5.74, 6) is -0.243. The number of rotatable bonds is 7. The van der Waals surface area contributed by atoms with Crippen LogP contribution in [0.3, 0.4) is 0 Å². The highest BCUT2D eigenvalue weighted by Gasteiger charge is 2.39. The Morgan fingerprint density at radius 3 is 2.15 bits per heavy atom. The Hall–Kier alpha value is -0.610. The van der Waals surface area contributed by atoms with Crippen LogP contribution in [0.5, 0.6) is 0 Å². The number of hydrogen-bond acceptors (Lipinski definition) is 3. The number of carbonyl (C=O) groups excluding carboxylic acids is 1. The summed E-state index contributed by atoms with van der Waals surface area (Å²) in [6.45, 7) is 13.1. The Morgan fingerprint density at radius 1 is 1.30 bits per heavy atom. The van der Waals surface area contributed by atoms with Crippen LogP contribution in [-0.4, -0.2) is 41.5 Å². The molecule has 4 heteroatoms. The number of hydrogen-bond donors (Lipinski definition) is 2. The van der Waals surface area contributed by atoms with Crippen molar-refractivity contribution in [2.45, 2.75) is 84.5 Å². The third-order valence-electron chi connectivity index (χ3n) is 4.91. The molecule has 0 saturated heterocycles. The summed E-state index contributed by atoms with van der Waals surface area (Å²) in [4.78, 5) is 14.2. The van der Waals surface area contributed by atoms with E-state index in [1.807, 2.05) is 6.92 Å². The second-order valence-electron chi connectivity index (χ2n) is 7.88. The fourth-order valence-electron chi connectivity index (χ4n) is 2.64. The molecule has 4 nitrogen and oxygen atoms in total. The Kier molecular flexibility index (Phi) is 5.25. The molecule has 0 radical (unpaired) electrons. The first-order valence-electron chi connectivity index (χ1n) is 7.77. The predicted octanol–water partition coefficient (Wildman–Crippen LogP) is 2.13. The Labute approximate surface area is 124 Å². The van der Waals surface area contributed by atoms with Gasteiger partial charge in [-0.05, 0) is 52.5 Å². The first kappa shape index (κ1) is 17.4. The molecule has 3 atom stereocenters. The van der Waals surface area contributed by atoms with Crippen LogP contribution in [0.2, 0.25) is 0 Å². The van der Waals surface area contributed by atoms with Crippen molar-refractivity contribution in [2.24, 2.45) is 11.1 Å². The zero-order valence-electron chi connectivity index (χ0n) is 14.3. The molecule has 1 saturated carbocycles. The van der Waals surface area contributed by atoms with Crippen LogP contribution in [0, 0.1) is 5.41 Å². The summed E-state index contributed by atoms with van der Waals surface area (Å²) in [6, 6.07) is 1.22. The molecule has 0 spiro atoms. The number of carbonyl (C=O) groups is 1. The number of amides is 1. The minimum Gasteiger partial charge on any atom is -0.368 e. The second-order valence-corrected chi connectivity index (χ2v) is 7.88. The molecule has 0 heterocycles. The zero-order chi connectivity index (χ0) is 15.7. The summed E-state index contributed by atoms with van der Waals surface area (Å²) in [5, 5.41) is 3.43. The molecule has 3 unspecified atom stereocenters. The molecule has 1 aliphatic rings. The van der Waals surface area contributed by atoms with Gasteiger partial charge in [-0.2, -0.15) is 0 Å². The van der Waals surface area contributed by atoms with E-state index in [9.17, 15) is 4.79 Å². The summed E-state index contributed by atoms with van der Waals surface area (Å²) in [7, 11) is 2.14. The lowest BCUT2D eigenvalue weighted by Crippen LogP contribution is -2.58. The van der Waals surface area contributed by atoms with Gasteiger partial charge in [0.2, 0.25) is 5.91 Å². The highest BCUT2D eigenvalue weighted by molar-refractivity contribution is 5.84. The summed E-state index contributed by atoms with van der Waals surface area (Å²) in [6.07, 6.45) is 3.06. The minimum atomic E-state index is -0.605. The first-order valence-corrected chi connectivity index (χ1v) is 7.77. The molecule has 0 aliphatic heterocycles. The van der Waals surface area contributed by atoms with Crippen LogP contribution >= 0.6 is 0 Å². The molecule has 0 aromatic carbocycles. The van der Waals surface area contributed by atoms with Crippen LogP contribution in [-0.2, 0) is 4.79 Å². The van der Waals surface area contributed by atoms with Gasteiger partial charge in [0.15, 0.2) is 0 Å². The van der Waals surface area contributed by atoms with Gasteiger partial charge in [-0.1, -0.05) is 20.8 Å². The highest BCUT2D eigenvalue weighted by atomic mass is 16.1. The van der Waals surface area contributed by atoms with Crippen molar-refractivity contribution in [1.29, 1.82) is 0 Å². The normalized spacial score (nSPS) is 22.4. The average Bonchev–Trinajstić information content (AvgIpc) is 3.09. The summed E-state index contributed by atoms with van der Waals surface area (Å²) >= 11 is 0. The Balaban J connectivity index is 2.70. The van der Waals surface area contributed by atoms with Crippen molar-refractivity contribution in [3.63, 3.8) is 0 Å². The molecule has 3 N–H and O–H groups in total. The van der Waals surface area contributed by atoms with Crippen LogP contribution < -0.4 is 11.1 Å². The summed E-state index contributed by atoms with van der Waals surface area (Å²) in [5.41, 5.74) is 5.25. The Bertz CT molecular complexity index is 346. The average molecular weight is 283 g/mol. The van der Waals surface area contributed by atoms with Crippen molar-refractivity contribution in [1.82, 2.24) is 10.2 Å². The lowest BCUT2D eigenvalue weighted by molar-refractivity contribution is -0.124. The van der Waals surface area contributed by atoms with Crippen LogP contribution in [0.15, 0.2) is 0 Å². The smallest absolute Gasteiger partial charge is 0.237 e. The van der Waals surface area contributed by atoms with Gasteiger partial charge in [-0.25, -0.2) is 0 Å². The van der Waals surface area contributed by atoms with E-state index in [0.717, 1.165) is 19.3 Å². The fourth-order valence-corrected chi connectivity index (χ4v) is 2.64. The van der Waals surface area contributed by atoms with Gasteiger partial charge in [0, 0.05) is 18.1 Å². The topological polar surface area (TPSA) is 58.4 Å². The quantitative estimate of drug-likeness (QED) is 0.752.